The lowest BCUT2D eigenvalue weighted by atomic mass is 9.76. The van der Waals surface area contributed by atoms with E-state index in [-0.39, 0.29) is 11.6 Å². The van der Waals surface area contributed by atoms with Crippen LogP contribution in [0.15, 0.2) is 22.7 Å². The Morgan fingerprint density at radius 3 is 3.05 bits per heavy atom. The van der Waals surface area contributed by atoms with E-state index in [0.29, 0.717) is 6.10 Å². The maximum absolute atomic E-state index is 6.37. The number of halogens is 1. The first-order chi connectivity index (χ1) is 9.12. The van der Waals surface area contributed by atoms with Crippen LogP contribution < -0.4 is 10.5 Å². The third-order valence-electron chi connectivity index (χ3n) is 4.38. The van der Waals surface area contributed by atoms with Gasteiger partial charge < -0.3 is 15.2 Å². The maximum atomic E-state index is 6.37. The number of methoxy groups -OCH3 is 1. The fourth-order valence-electron chi connectivity index (χ4n) is 3.44. The van der Waals surface area contributed by atoms with Crippen molar-refractivity contribution >= 4 is 15.9 Å². The first kappa shape index (κ1) is 13.4. The SMILES string of the molecule is COC1CCCC2(C1)C[C@H](N)c1cc(Br)ccc1O2. The van der Waals surface area contributed by atoms with Crippen molar-refractivity contribution in [3.05, 3.63) is 28.2 Å². The molecule has 2 N–H and O–H groups in total. The minimum absolute atomic E-state index is 0.0526. The van der Waals surface area contributed by atoms with E-state index in [1.807, 2.05) is 12.1 Å². The molecule has 1 aromatic carbocycles. The Kier molecular flexibility index (Phi) is 3.58. The molecule has 2 aliphatic rings. The minimum atomic E-state index is -0.126. The smallest absolute Gasteiger partial charge is 0.124 e. The van der Waals surface area contributed by atoms with E-state index in [2.05, 4.69) is 22.0 Å². The summed E-state index contributed by atoms with van der Waals surface area (Å²) < 4.78 is 12.9. The van der Waals surface area contributed by atoms with Gasteiger partial charge in [0.15, 0.2) is 0 Å². The van der Waals surface area contributed by atoms with Crippen LogP contribution in [-0.2, 0) is 4.74 Å². The summed E-state index contributed by atoms with van der Waals surface area (Å²) in [5.41, 5.74) is 7.35. The van der Waals surface area contributed by atoms with Gasteiger partial charge in [0.25, 0.3) is 0 Å². The van der Waals surface area contributed by atoms with Crippen LogP contribution in [0, 0.1) is 0 Å². The van der Waals surface area contributed by atoms with E-state index < -0.39 is 0 Å². The summed E-state index contributed by atoms with van der Waals surface area (Å²) in [7, 11) is 1.79. The van der Waals surface area contributed by atoms with Crippen LogP contribution in [-0.4, -0.2) is 18.8 Å². The summed E-state index contributed by atoms with van der Waals surface area (Å²) in [6, 6.07) is 6.17. The van der Waals surface area contributed by atoms with Crippen LogP contribution in [0.25, 0.3) is 0 Å². The Morgan fingerprint density at radius 1 is 1.42 bits per heavy atom. The highest BCUT2D eigenvalue weighted by molar-refractivity contribution is 9.10. The number of nitrogens with two attached hydrogens (primary N) is 1. The first-order valence-corrected chi connectivity index (χ1v) is 7.68. The van der Waals surface area contributed by atoms with Crippen molar-refractivity contribution in [2.24, 2.45) is 5.73 Å². The molecule has 2 unspecified atom stereocenters. The molecule has 3 nitrogen and oxygen atoms in total. The molecule has 0 saturated heterocycles. The van der Waals surface area contributed by atoms with Gasteiger partial charge in [-0.3, -0.25) is 0 Å². The van der Waals surface area contributed by atoms with Crippen LogP contribution >= 0.6 is 15.9 Å². The first-order valence-electron chi connectivity index (χ1n) is 6.89. The van der Waals surface area contributed by atoms with Crippen molar-refractivity contribution in [2.45, 2.75) is 49.9 Å². The minimum Gasteiger partial charge on any atom is -0.487 e. The lowest BCUT2D eigenvalue weighted by molar-refractivity contribution is -0.0578. The molecule has 0 amide bonds. The van der Waals surface area contributed by atoms with Crippen molar-refractivity contribution in [3.63, 3.8) is 0 Å². The van der Waals surface area contributed by atoms with E-state index in [1.54, 1.807) is 7.11 Å². The maximum Gasteiger partial charge on any atom is 0.124 e. The van der Waals surface area contributed by atoms with Gasteiger partial charge in [0.2, 0.25) is 0 Å². The predicted molar refractivity (Wildman–Crippen MR) is 78.3 cm³/mol. The van der Waals surface area contributed by atoms with Gasteiger partial charge in [-0.2, -0.15) is 0 Å². The fourth-order valence-corrected chi connectivity index (χ4v) is 3.82. The normalized spacial score (nSPS) is 33.8. The molecule has 1 fully saturated rings. The standard InChI is InChI=1S/C15H20BrNO2/c1-18-11-3-2-6-15(8-11)9-13(17)12-7-10(16)4-5-14(12)19-15/h4-5,7,11,13H,2-3,6,8-9,17H2,1H3/t11?,13-,15?/m0/s1. The van der Waals surface area contributed by atoms with E-state index in [4.69, 9.17) is 15.2 Å². The Hall–Kier alpha value is -0.580. The molecule has 1 aliphatic heterocycles. The molecule has 3 rings (SSSR count). The van der Waals surface area contributed by atoms with Gasteiger partial charge in [-0.15, -0.1) is 0 Å². The van der Waals surface area contributed by atoms with Crippen molar-refractivity contribution in [1.82, 2.24) is 0 Å². The van der Waals surface area contributed by atoms with Gasteiger partial charge in [0.1, 0.15) is 11.4 Å². The van der Waals surface area contributed by atoms with E-state index in [0.717, 1.165) is 47.9 Å². The van der Waals surface area contributed by atoms with E-state index >= 15 is 0 Å². The van der Waals surface area contributed by atoms with Gasteiger partial charge >= 0.3 is 0 Å². The Morgan fingerprint density at radius 2 is 2.26 bits per heavy atom. The van der Waals surface area contributed by atoms with Crippen molar-refractivity contribution < 1.29 is 9.47 Å². The number of ether oxygens (including phenoxy) is 2. The summed E-state index contributed by atoms with van der Waals surface area (Å²) >= 11 is 3.50. The summed E-state index contributed by atoms with van der Waals surface area (Å²) in [5.74, 6) is 0.943. The Balaban J connectivity index is 1.89. The molecule has 0 bridgehead atoms. The van der Waals surface area contributed by atoms with Crippen LogP contribution in [0.4, 0.5) is 0 Å². The molecule has 0 radical (unpaired) electrons. The highest BCUT2D eigenvalue weighted by Gasteiger charge is 2.43. The van der Waals surface area contributed by atoms with Crippen LogP contribution in [0.3, 0.4) is 0 Å². The Bertz CT molecular complexity index is 479. The number of rotatable bonds is 1. The van der Waals surface area contributed by atoms with Crippen LogP contribution in [0.1, 0.15) is 43.7 Å². The van der Waals surface area contributed by atoms with E-state index in [9.17, 15) is 0 Å². The average Bonchev–Trinajstić information content (AvgIpc) is 2.40. The van der Waals surface area contributed by atoms with Crippen molar-refractivity contribution in [2.75, 3.05) is 7.11 Å². The largest absolute Gasteiger partial charge is 0.487 e. The molecule has 0 aromatic heterocycles. The highest BCUT2D eigenvalue weighted by Crippen LogP contribution is 2.46. The van der Waals surface area contributed by atoms with Crippen molar-refractivity contribution in [1.29, 1.82) is 0 Å². The summed E-state index contributed by atoms with van der Waals surface area (Å²) in [6.45, 7) is 0. The second-order valence-electron chi connectivity index (χ2n) is 5.73. The number of benzene rings is 1. The summed E-state index contributed by atoms with van der Waals surface area (Å²) in [6.07, 6.45) is 5.50. The zero-order valence-electron chi connectivity index (χ0n) is 11.2. The predicted octanol–water partition coefficient (Wildman–Crippen LogP) is 3.56. The topological polar surface area (TPSA) is 44.5 Å². The quantitative estimate of drug-likeness (QED) is 0.858. The Labute approximate surface area is 122 Å². The molecule has 19 heavy (non-hydrogen) atoms. The molecule has 104 valence electrons. The average molecular weight is 326 g/mol. The molecule has 4 heteroatoms. The number of fused-ring (bicyclic) bond motifs is 1. The third-order valence-corrected chi connectivity index (χ3v) is 4.87. The van der Waals surface area contributed by atoms with Crippen LogP contribution in [0.2, 0.25) is 0 Å². The van der Waals surface area contributed by atoms with Gasteiger partial charge in [0.05, 0.1) is 6.10 Å². The molecule has 1 heterocycles. The third kappa shape index (κ3) is 2.54. The number of hydrogen-bond donors (Lipinski definition) is 1. The summed E-state index contributed by atoms with van der Waals surface area (Å²) in [4.78, 5) is 0. The van der Waals surface area contributed by atoms with Gasteiger partial charge in [-0.05, 0) is 37.5 Å². The van der Waals surface area contributed by atoms with Crippen LogP contribution in [0.5, 0.6) is 5.75 Å². The second kappa shape index (κ2) is 5.08. The molecular formula is C15H20BrNO2. The van der Waals surface area contributed by atoms with E-state index in [1.165, 1.54) is 0 Å². The second-order valence-corrected chi connectivity index (χ2v) is 6.65. The fraction of sp³-hybridized carbons (Fsp3) is 0.600. The van der Waals surface area contributed by atoms with Gasteiger partial charge in [-0.1, -0.05) is 15.9 Å². The molecule has 1 aromatic rings. The highest BCUT2D eigenvalue weighted by atomic mass is 79.9. The zero-order chi connectivity index (χ0) is 13.5. The van der Waals surface area contributed by atoms with Gasteiger partial charge in [-0.25, -0.2) is 0 Å². The van der Waals surface area contributed by atoms with Gasteiger partial charge in [0, 0.05) is 36.0 Å². The molecule has 1 spiro atoms. The lowest BCUT2D eigenvalue weighted by Gasteiger charge is -2.45. The molecule has 1 saturated carbocycles. The monoisotopic (exact) mass is 325 g/mol. The van der Waals surface area contributed by atoms with Crippen molar-refractivity contribution in [3.8, 4) is 5.75 Å². The molecular weight excluding hydrogens is 306 g/mol. The molecule has 1 aliphatic carbocycles. The molecule has 3 atom stereocenters. The summed E-state index contributed by atoms with van der Waals surface area (Å²) in [5, 5.41) is 0. The number of hydrogen-bond acceptors (Lipinski definition) is 3. The lowest BCUT2D eigenvalue weighted by Crippen LogP contribution is -2.48. The zero-order valence-corrected chi connectivity index (χ0v) is 12.8.